The summed E-state index contributed by atoms with van der Waals surface area (Å²) in [7, 11) is 0. The van der Waals surface area contributed by atoms with E-state index in [2.05, 4.69) is 5.32 Å². The van der Waals surface area contributed by atoms with Gasteiger partial charge in [0.1, 0.15) is 0 Å². The molecule has 0 aliphatic rings. The Kier molecular flexibility index (Phi) is 5.08. The fraction of sp³-hybridized carbons (Fsp3) is 0.188. The van der Waals surface area contributed by atoms with E-state index in [1.807, 2.05) is 0 Å². The number of benzene rings is 2. The van der Waals surface area contributed by atoms with E-state index in [9.17, 15) is 18.0 Å². The minimum atomic E-state index is -4.51. The first-order valence-corrected chi connectivity index (χ1v) is 6.94. The van der Waals surface area contributed by atoms with Gasteiger partial charge < -0.3 is 5.32 Å². The number of ketones is 1. The quantitative estimate of drug-likeness (QED) is 0.779. The Morgan fingerprint density at radius 3 is 2.41 bits per heavy atom. The molecule has 0 atom stereocenters. The van der Waals surface area contributed by atoms with Crippen LogP contribution in [0.25, 0.3) is 0 Å². The number of carbonyl (C=O) groups excluding carboxylic acids is 1. The molecule has 0 amide bonds. The largest absolute Gasteiger partial charge is 0.417 e. The molecule has 0 heterocycles. The number of nitrogens with one attached hydrogen (secondary N) is 1. The molecule has 2 nitrogen and oxygen atoms in total. The van der Waals surface area contributed by atoms with Crippen molar-refractivity contribution in [2.24, 2.45) is 0 Å². The normalized spacial score (nSPS) is 11.3. The predicted molar refractivity (Wildman–Crippen MR) is 80.3 cm³/mol. The monoisotopic (exact) mass is 327 g/mol. The van der Waals surface area contributed by atoms with Crippen molar-refractivity contribution in [2.45, 2.75) is 12.6 Å². The van der Waals surface area contributed by atoms with Crippen molar-refractivity contribution >= 4 is 23.1 Å². The number of hydrogen-bond acceptors (Lipinski definition) is 2. The SMILES string of the molecule is O=C(CCNc1ccc(Cl)c(C(F)(F)F)c1)c1ccccc1. The van der Waals surface area contributed by atoms with Crippen LogP contribution in [0.1, 0.15) is 22.3 Å². The highest BCUT2D eigenvalue weighted by Crippen LogP contribution is 2.36. The molecule has 0 unspecified atom stereocenters. The summed E-state index contributed by atoms with van der Waals surface area (Å²) in [5.74, 6) is -0.0712. The molecular weight excluding hydrogens is 315 g/mol. The van der Waals surface area contributed by atoms with Gasteiger partial charge in [-0.15, -0.1) is 0 Å². The summed E-state index contributed by atoms with van der Waals surface area (Å²) >= 11 is 5.54. The Labute approximate surface area is 130 Å². The molecule has 1 N–H and O–H groups in total. The summed E-state index contributed by atoms with van der Waals surface area (Å²) in [6.45, 7) is 0.243. The highest BCUT2D eigenvalue weighted by atomic mass is 35.5. The number of alkyl halides is 3. The van der Waals surface area contributed by atoms with E-state index in [1.165, 1.54) is 12.1 Å². The third kappa shape index (κ3) is 4.24. The highest BCUT2D eigenvalue weighted by molar-refractivity contribution is 6.31. The smallest absolute Gasteiger partial charge is 0.385 e. The molecule has 0 radical (unpaired) electrons. The maximum Gasteiger partial charge on any atom is 0.417 e. The van der Waals surface area contributed by atoms with Crippen LogP contribution >= 0.6 is 11.6 Å². The van der Waals surface area contributed by atoms with E-state index in [1.54, 1.807) is 30.3 Å². The molecule has 0 bridgehead atoms. The zero-order valence-electron chi connectivity index (χ0n) is 11.5. The van der Waals surface area contributed by atoms with Crippen LogP contribution in [0, 0.1) is 0 Å². The van der Waals surface area contributed by atoms with Crippen molar-refractivity contribution in [1.82, 2.24) is 0 Å². The number of rotatable bonds is 5. The number of anilines is 1. The molecule has 2 aromatic rings. The van der Waals surface area contributed by atoms with Crippen molar-refractivity contribution in [3.63, 3.8) is 0 Å². The third-order valence-electron chi connectivity index (χ3n) is 3.05. The summed E-state index contributed by atoms with van der Waals surface area (Å²) in [6.07, 6.45) is -4.32. The van der Waals surface area contributed by atoms with Gasteiger partial charge in [0.25, 0.3) is 0 Å². The van der Waals surface area contributed by atoms with Crippen LogP contribution in [-0.4, -0.2) is 12.3 Å². The number of Topliss-reactive ketones (excluding diaryl/α,β-unsaturated/α-hetero) is 1. The van der Waals surface area contributed by atoms with E-state index in [0.29, 0.717) is 5.56 Å². The number of halogens is 4. The Hall–Kier alpha value is -2.01. The molecule has 0 aliphatic carbocycles. The van der Waals surface area contributed by atoms with Gasteiger partial charge in [0.15, 0.2) is 5.78 Å². The first kappa shape index (κ1) is 16.4. The van der Waals surface area contributed by atoms with Crippen molar-refractivity contribution in [3.05, 3.63) is 64.7 Å². The van der Waals surface area contributed by atoms with Gasteiger partial charge in [-0.3, -0.25) is 4.79 Å². The van der Waals surface area contributed by atoms with Crippen LogP contribution < -0.4 is 5.32 Å². The van der Waals surface area contributed by atoms with E-state index in [0.717, 1.165) is 6.07 Å². The molecule has 0 spiro atoms. The second-order valence-corrected chi connectivity index (χ2v) is 5.07. The van der Waals surface area contributed by atoms with Gasteiger partial charge in [0.05, 0.1) is 10.6 Å². The van der Waals surface area contributed by atoms with Gasteiger partial charge in [0, 0.05) is 24.2 Å². The zero-order valence-corrected chi connectivity index (χ0v) is 12.2. The Morgan fingerprint density at radius 1 is 1.09 bits per heavy atom. The molecule has 0 aliphatic heterocycles. The molecule has 0 saturated carbocycles. The summed E-state index contributed by atoms with van der Waals surface area (Å²) in [6, 6.07) is 12.3. The average molecular weight is 328 g/mol. The molecule has 2 aromatic carbocycles. The average Bonchev–Trinajstić information content (AvgIpc) is 2.48. The molecule has 2 rings (SSSR count). The second kappa shape index (κ2) is 6.83. The molecule has 0 fully saturated rings. The van der Waals surface area contributed by atoms with Gasteiger partial charge in [-0.1, -0.05) is 41.9 Å². The molecule has 22 heavy (non-hydrogen) atoms. The van der Waals surface area contributed by atoms with Crippen molar-refractivity contribution in [3.8, 4) is 0 Å². The maximum atomic E-state index is 12.7. The van der Waals surface area contributed by atoms with E-state index >= 15 is 0 Å². The summed E-state index contributed by atoms with van der Waals surface area (Å²) in [5, 5.41) is 2.46. The maximum absolute atomic E-state index is 12.7. The predicted octanol–water partition coefficient (Wildman–Crippen LogP) is 5.04. The molecular formula is C16H13ClF3NO. The molecule has 6 heteroatoms. The van der Waals surface area contributed by atoms with Gasteiger partial charge in [-0.25, -0.2) is 0 Å². The topological polar surface area (TPSA) is 29.1 Å². The van der Waals surface area contributed by atoms with E-state index in [-0.39, 0.29) is 29.5 Å². The minimum absolute atomic E-state index is 0.0712. The lowest BCUT2D eigenvalue weighted by atomic mass is 10.1. The van der Waals surface area contributed by atoms with Crippen molar-refractivity contribution < 1.29 is 18.0 Å². The number of hydrogen-bond donors (Lipinski definition) is 1. The fourth-order valence-electron chi connectivity index (χ4n) is 1.94. The third-order valence-corrected chi connectivity index (χ3v) is 3.38. The first-order valence-electron chi connectivity index (χ1n) is 6.57. The van der Waals surface area contributed by atoms with Crippen LogP contribution in [-0.2, 0) is 6.18 Å². The standard InChI is InChI=1S/C16H13ClF3NO/c17-14-7-6-12(10-13(14)16(18,19)20)21-9-8-15(22)11-4-2-1-3-5-11/h1-7,10,21H,8-9H2. The minimum Gasteiger partial charge on any atom is -0.385 e. The van der Waals surface area contributed by atoms with Crippen molar-refractivity contribution in [1.29, 1.82) is 0 Å². The second-order valence-electron chi connectivity index (χ2n) is 4.66. The van der Waals surface area contributed by atoms with Crippen LogP contribution in [0.3, 0.4) is 0 Å². The Balaban J connectivity index is 1.97. The van der Waals surface area contributed by atoms with Crippen LogP contribution in [0.4, 0.5) is 18.9 Å². The van der Waals surface area contributed by atoms with E-state index in [4.69, 9.17) is 11.6 Å². The Bertz CT molecular complexity index is 656. The van der Waals surface area contributed by atoms with Crippen LogP contribution in [0.2, 0.25) is 5.02 Å². The molecule has 116 valence electrons. The lowest BCUT2D eigenvalue weighted by molar-refractivity contribution is -0.137. The highest BCUT2D eigenvalue weighted by Gasteiger charge is 2.33. The van der Waals surface area contributed by atoms with E-state index < -0.39 is 11.7 Å². The summed E-state index contributed by atoms with van der Waals surface area (Å²) < 4.78 is 38.2. The van der Waals surface area contributed by atoms with Gasteiger partial charge >= 0.3 is 6.18 Å². The lowest BCUT2D eigenvalue weighted by Crippen LogP contribution is -2.10. The van der Waals surface area contributed by atoms with Gasteiger partial charge in [-0.05, 0) is 18.2 Å². The first-order chi connectivity index (χ1) is 10.4. The lowest BCUT2D eigenvalue weighted by Gasteiger charge is -2.12. The van der Waals surface area contributed by atoms with Gasteiger partial charge in [0.2, 0.25) is 0 Å². The van der Waals surface area contributed by atoms with Crippen LogP contribution in [0.5, 0.6) is 0 Å². The van der Waals surface area contributed by atoms with Crippen molar-refractivity contribution in [2.75, 3.05) is 11.9 Å². The molecule has 0 aromatic heterocycles. The zero-order chi connectivity index (χ0) is 16.2. The summed E-state index contributed by atoms with van der Waals surface area (Å²) in [5.41, 5.74) is -0.0393. The fourth-order valence-corrected chi connectivity index (χ4v) is 2.17. The Morgan fingerprint density at radius 2 is 1.77 bits per heavy atom. The summed E-state index contributed by atoms with van der Waals surface area (Å²) in [4.78, 5) is 11.9. The van der Waals surface area contributed by atoms with Gasteiger partial charge in [-0.2, -0.15) is 13.2 Å². The van der Waals surface area contributed by atoms with Crippen LogP contribution in [0.15, 0.2) is 48.5 Å². The molecule has 0 saturated heterocycles. The number of carbonyl (C=O) groups is 1.